The van der Waals surface area contributed by atoms with Crippen molar-refractivity contribution >= 4 is 11.8 Å². The van der Waals surface area contributed by atoms with Gasteiger partial charge in [0.2, 0.25) is 0 Å². The van der Waals surface area contributed by atoms with Gasteiger partial charge in [0.25, 0.3) is 0 Å². The van der Waals surface area contributed by atoms with Crippen LogP contribution in [-0.4, -0.2) is 26.4 Å². The maximum atomic E-state index is 11.7. The highest BCUT2D eigenvalue weighted by molar-refractivity contribution is 6.05. The molecule has 0 saturated carbocycles. The molecule has 0 radical (unpaired) electrons. The zero-order chi connectivity index (χ0) is 13.1. The quantitative estimate of drug-likeness (QED) is 0.656. The number of aliphatic carboxylic acids is 1. The van der Waals surface area contributed by atoms with Crippen LogP contribution in [0.1, 0.15) is 16.8 Å². The second-order valence-electron chi connectivity index (χ2n) is 3.94. The van der Waals surface area contributed by atoms with Crippen molar-refractivity contribution in [2.24, 2.45) is 7.05 Å². The smallest absolute Gasteiger partial charge is 0.311 e. The topological polar surface area (TPSA) is 72.2 Å². The van der Waals surface area contributed by atoms with E-state index in [1.165, 1.54) is 0 Å². The fourth-order valence-corrected chi connectivity index (χ4v) is 1.71. The van der Waals surface area contributed by atoms with Gasteiger partial charge >= 0.3 is 5.97 Å². The van der Waals surface area contributed by atoms with Crippen molar-refractivity contribution < 1.29 is 14.7 Å². The van der Waals surface area contributed by atoms with Crippen molar-refractivity contribution in [3.8, 4) is 11.4 Å². The predicted octanol–water partition coefficient (Wildman–Crippen LogP) is 1.74. The molecule has 0 amide bonds. The number of imidazole rings is 1. The number of aromatic nitrogens is 2. The van der Waals surface area contributed by atoms with Crippen LogP contribution in [0.4, 0.5) is 0 Å². The average Bonchev–Trinajstić information content (AvgIpc) is 2.75. The van der Waals surface area contributed by atoms with E-state index in [0.29, 0.717) is 5.56 Å². The van der Waals surface area contributed by atoms with Crippen LogP contribution in [0.5, 0.6) is 0 Å². The van der Waals surface area contributed by atoms with Crippen molar-refractivity contribution in [1.29, 1.82) is 0 Å². The van der Waals surface area contributed by atoms with Gasteiger partial charge in [0.05, 0.1) is 0 Å². The van der Waals surface area contributed by atoms with Gasteiger partial charge in [-0.05, 0) is 6.07 Å². The number of carbonyl (C=O) groups excluding carboxylic acids is 1. The molecule has 1 heterocycles. The van der Waals surface area contributed by atoms with Crippen LogP contribution in [0.3, 0.4) is 0 Å². The molecule has 0 aliphatic heterocycles. The number of carbonyl (C=O) groups is 2. The highest BCUT2D eigenvalue weighted by Crippen LogP contribution is 2.18. The Bertz CT molecular complexity index is 602. The molecule has 18 heavy (non-hydrogen) atoms. The molecule has 0 fully saturated rings. The molecule has 0 spiro atoms. The lowest BCUT2D eigenvalue weighted by atomic mass is 10.0. The van der Waals surface area contributed by atoms with Crippen molar-refractivity contribution in [2.75, 3.05) is 0 Å². The lowest BCUT2D eigenvalue weighted by molar-refractivity contribution is -0.135. The molecule has 2 rings (SSSR count). The van der Waals surface area contributed by atoms with Crippen LogP contribution in [0.25, 0.3) is 11.4 Å². The number of carboxylic acids is 1. The van der Waals surface area contributed by atoms with Crippen LogP contribution in [0, 0.1) is 0 Å². The molecule has 0 unspecified atom stereocenters. The fraction of sp³-hybridized carbons (Fsp3) is 0.154. The standard InChI is InChI=1S/C13H12N2O3/c1-15-6-5-14-13(15)10-4-2-3-9(7-10)11(16)8-12(17)18/h2-7H,8H2,1H3,(H,17,18). The summed E-state index contributed by atoms with van der Waals surface area (Å²) in [5.74, 6) is -0.791. The van der Waals surface area contributed by atoms with E-state index < -0.39 is 18.2 Å². The summed E-state index contributed by atoms with van der Waals surface area (Å²) in [7, 11) is 1.86. The molecule has 92 valence electrons. The zero-order valence-electron chi connectivity index (χ0n) is 9.83. The summed E-state index contributed by atoms with van der Waals surface area (Å²) in [4.78, 5) is 26.3. The van der Waals surface area contributed by atoms with Crippen molar-refractivity contribution in [3.63, 3.8) is 0 Å². The second-order valence-corrected chi connectivity index (χ2v) is 3.94. The fourth-order valence-electron chi connectivity index (χ4n) is 1.71. The normalized spacial score (nSPS) is 10.3. The van der Waals surface area contributed by atoms with Gasteiger partial charge in [-0.3, -0.25) is 9.59 Å². The lowest BCUT2D eigenvalue weighted by Crippen LogP contribution is -2.07. The highest BCUT2D eigenvalue weighted by Gasteiger charge is 2.12. The Morgan fingerprint density at radius 2 is 2.17 bits per heavy atom. The number of hydrogen-bond acceptors (Lipinski definition) is 3. The third-order valence-electron chi connectivity index (χ3n) is 2.58. The Morgan fingerprint density at radius 3 is 2.78 bits per heavy atom. The van der Waals surface area contributed by atoms with E-state index in [1.807, 2.05) is 17.7 Å². The molecule has 0 bridgehead atoms. The maximum Gasteiger partial charge on any atom is 0.311 e. The summed E-state index contributed by atoms with van der Waals surface area (Å²) in [5, 5.41) is 8.61. The van der Waals surface area contributed by atoms with Gasteiger partial charge in [-0.2, -0.15) is 0 Å². The van der Waals surface area contributed by atoms with E-state index in [0.717, 1.165) is 11.4 Å². The Labute approximate surface area is 104 Å². The highest BCUT2D eigenvalue weighted by atomic mass is 16.4. The number of Topliss-reactive ketones (excluding diaryl/α,β-unsaturated/α-hetero) is 1. The van der Waals surface area contributed by atoms with Crippen LogP contribution >= 0.6 is 0 Å². The summed E-state index contributed by atoms with van der Waals surface area (Å²) < 4.78 is 1.83. The molecule has 1 N–H and O–H groups in total. The number of hydrogen-bond donors (Lipinski definition) is 1. The first kappa shape index (κ1) is 12.0. The van der Waals surface area contributed by atoms with Gasteiger partial charge in [-0.25, -0.2) is 4.98 Å². The molecule has 2 aromatic rings. The number of aryl methyl sites for hydroxylation is 1. The molecular weight excluding hydrogens is 232 g/mol. The average molecular weight is 244 g/mol. The van der Waals surface area contributed by atoms with E-state index >= 15 is 0 Å². The molecule has 5 heteroatoms. The summed E-state index contributed by atoms with van der Waals surface area (Å²) in [6.45, 7) is 0. The predicted molar refractivity (Wildman–Crippen MR) is 65.2 cm³/mol. The summed E-state index contributed by atoms with van der Waals surface area (Å²) in [6.07, 6.45) is 2.98. The molecule has 5 nitrogen and oxygen atoms in total. The van der Waals surface area contributed by atoms with Crippen molar-refractivity contribution in [3.05, 3.63) is 42.2 Å². The van der Waals surface area contributed by atoms with Gasteiger partial charge < -0.3 is 9.67 Å². The SMILES string of the molecule is Cn1ccnc1-c1cccc(C(=O)CC(=O)O)c1. The van der Waals surface area contributed by atoms with E-state index in [4.69, 9.17) is 5.11 Å². The van der Waals surface area contributed by atoms with Crippen LogP contribution < -0.4 is 0 Å². The van der Waals surface area contributed by atoms with Crippen LogP contribution in [0.2, 0.25) is 0 Å². The third kappa shape index (κ3) is 2.45. The molecular formula is C13H12N2O3. The van der Waals surface area contributed by atoms with Crippen LogP contribution in [0.15, 0.2) is 36.7 Å². The largest absolute Gasteiger partial charge is 0.481 e. The van der Waals surface area contributed by atoms with E-state index in [-0.39, 0.29) is 0 Å². The monoisotopic (exact) mass is 244 g/mol. The Balaban J connectivity index is 2.34. The Hall–Kier alpha value is -2.43. The second kappa shape index (κ2) is 4.83. The minimum Gasteiger partial charge on any atom is -0.481 e. The lowest BCUT2D eigenvalue weighted by Gasteiger charge is -2.04. The molecule has 1 aromatic carbocycles. The van der Waals surface area contributed by atoms with E-state index in [1.54, 1.807) is 30.6 Å². The van der Waals surface area contributed by atoms with Crippen LogP contribution in [-0.2, 0) is 11.8 Å². The number of rotatable bonds is 4. The van der Waals surface area contributed by atoms with Gasteiger partial charge in [-0.1, -0.05) is 18.2 Å². The summed E-state index contributed by atoms with van der Waals surface area (Å²) >= 11 is 0. The molecule has 0 atom stereocenters. The molecule has 1 aromatic heterocycles. The van der Waals surface area contributed by atoms with E-state index in [9.17, 15) is 9.59 Å². The molecule has 0 aliphatic carbocycles. The summed E-state index contributed by atoms with van der Waals surface area (Å²) in [6, 6.07) is 6.82. The van der Waals surface area contributed by atoms with Gasteiger partial charge in [0, 0.05) is 30.6 Å². The Kier molecular flexibility index (Phi) is 3.23. The van der Waals surface area contributed by atoms with Crippen molar-refractivity contribution in [2.45, 2.75) is 6.42 Å². The van der Waals surface area contributed by atoms with Gasteiger partial charge in [-0.15, -0.1) is 0 Å². The van der Waals surface area contributed by atoms with Gasteiger partial charge in [0.1, 0.15) is 12.2 Å². The third-order valence-corrected chi connectivity index (χ3v) is 2.58. The molecule has 0 aliphatic rings. The van der Waals surface area contributed by atoms with Gasteiger partial charge in [0.15, 0.2) is 5.78 Å². The zero-order valence-corrected chi connectivity index (χ0v) is 9.83. The Morgan fingerprint density at radius 1 is 1.39 bits per heavy atom. The molecule has 0 saturated heterocycles. The maximum absolute atomic E-state index is 11.7. The summed E-state index contributed by atoms with van der Waals surface area (Å²) in [5.41, 5.74) is 1.18. The first-order valence-electron chi connectivity index (χ1n) is 5.40. The number of carboxylic acid groups (broad SMARTS) is 1. The first-order valence-corrected chi connectivity index (χ1v) is 5.40. The number of benzene rings is 1. The van der Waals surface area contributed by atoms with Crippen molar-refractivity contribution in [1.82, 2.24) is 9.55 Å². The number of nitrogens with zero attached hydrogens (tertiary/aromatic N) is 2. The van der Waals surface area contributed by atoms with E-state index in [2.05, 4.69) is 4.98 Å². The number of ketones is 1. The first-order chi connectivity index (χ1) is 8.58. The minimum absolute atomic E-state index is 0.387. The minimum atomic E-state index is -1.12.